The number of hydrogen-bond donors (Lipinski definition) is 1. The zero-order valence-corrected chi connectivity index (χ0v) is 14.3. The molecule has 0 aliphatic rings. The van der Waals surface area contributed by atoms with Crippen molar-refractivity contribution in [2.45, 2.75) is 46.1 Å². The van der Waals surface area contributed by atoms with Gasteiger partial charge in [0.15, 0.2) is 0 Å². The highest BCUT2D eigenvalue weighted by atomic mass is 35.5. The highest BCUT2D eigenvalue weighted by molar-refractivity contribution is 6.31. The van der Waals surface area contributed by atoms with Crippen LogP contribution in [0.3, 0.4) is 0 Å². The molecule has 0 amide bonds. The molecule has 0 saturated heterocycles. The van der Waals surface area contributed by atoms with Crippen molar-refractivity contribution in [2.24, 2.45) is 7.05 Å². The van der Waals surface area contributed by atoms with E-state index in [9.17, 15) is 0 Å². The van der Waals surface area contributed by atoms with E-state index in [0.29, 0.717) is 6.54 Å². The van der Waals surface area contributed by atoms with Crippen molar-refractivity contribution in [1.82, 2.24) is 9.78 Å². The Morgan fingerprint density at radius 3 is 2.29 bits per heavy atom. The Hall–Kier alpha value is -1.48. The lowest BCUT2D eigenvalue weighted by Gasteiger charge is -2.19. The third kappa shape index (κ3) is 3.59. The average Bonchev–Trinajstić information content (AvgIpc) is 2.70. The maximum atomic E-state index is 6.36. The number of nitrogens with zero attached hydrogens (tertiary/aromatic N) is 2. The predicted molar refractivity (Wildman–Crippen MR) is 90.1 cm³/mol. The second-order valence-electron chi connectivity index (χ2n) is 6.37. The van der Waals surface area contributed by atoms with Crippen molar-refractivity contribution < 1.29 is 0 Å². The molecule has 0 unspecified atom stereocenters. The van der Waals surface area contributed by atoms with Crippen LogP contribution < -0.4 is 5.32 Å². The number of aromatic nitrogens is 2. The molecule has 2 rings (SSSR count). The van der Waals surface area contributed by atoms with Gasteiger partial charge in [-0.2, -0.15) is 5.10 Å². The van der Waals surface area contributed by atoms with Gasteiger partial charge in [-0.1, -0.05) is 51.4 Å². The lowest BCUT2D eigenvalue weighted by atomic mass is 9.87. The maximum Gasteiger partial charge on any atom is 0.0868 e. The summed E-state index contributed by atoms with van der Waals surface area (Å²) in [5.74, 6) is 0. The summed E-state index contributed by atoms with van der Waals surface area (Å²) in [5.41, 5.74) is 4.59. The molecule has 0 spiro atoms. The molecule has 0 saturated carbocycles. The van der Waals surface area contributed by atoms with E-state index in [4.69, 9.17) is 11.6 Å². The van der Waals surface area contributed by atoms with Gasteiger partial charge in [-0.25, -0.2) is 0 Å². The Labute approximate surface area is 132 Å². The van der Waals surface area contributed by atoms with Crippen LogP contribution in [0.15, 0.2) is 24.3 Å². The van der Waals surface area contributed by atoms with Gasteiger partial charge in [0.05, 0.1) is 23.0 Å². The number of halogens is 1. The molecular formula is C17H24ClN3. The Morgan fingerprint density at radius 1 is 1.19 bits per heavy atom. The van der Waals surface area contributed by atoms with Gasteiger partial charge in [0.25, 0.3) is 0 Å². The molecule has 0 radical (unpaired) electrons. The number of rotatable bonds is 4. The molecule has 4 heteroatoms. The van der Waals surface area contributed by atoms with Gasteiger partial charge in [-0.3, -0.25) is 4.68 Å². The van der Waals surface area contributed by atoms with Gasteiger partial charge in [0.1, 0.15) is 0 Å². The minimum absolute atomic E-state index is 0.180. The summed E-state index contributed by atoms with van der Waals surface area (Å²) in [6.45, 7) is 9.40. The second-order valence-corrected chi connectivity index (χ2v) is 6.74. The van der Waals surface area contributed by atoms with Crippen LogP contribution in [0.5, 0.6) is 0 Å². The molecule has 0 fully saturated rings. The van der Waals surface area contributed by atoms with Crippen LogP contribution >= 0.6 is 11.6 Å². The Morgan fingerprint density at radius 2 is 1.81 bits per heavy atom. The number of nitrogens with one attached hydrogen (secondary N) is 1. The van der Waals surface area contributed by atoms with E-state index >= 15 is 0 Å². The van der Waals surface area contributed by atoms with E-state index in [1.807, 2.05) is 11.7 Å². The molecule has 1 heterocycles. The van der Waals surface area contributed by atoms with Crippen molar-refractivity contribution in [1.29, 1.82) is 0 Å². The summed E-state index contributed by atoms with van der Waals surface area (Å²) in [7, 11) is 1.94. The first kappa shape index (κ1) is 15.9. The highest BCUT2D eigenvalue weighted by Gasteiger charge is 2.14. The van der Waals surface area contributed by atoms with Crippen LogP contribution in [0.1, 0.15) is 44.6 Å². The molecule has 2 aromatic rings. The summed E-state index contributed by atoms with van der Waals surface area (Å²) >= 11 is 6.36. The first-order valence-electron chi connectivity index (χ1n) is 7.37. The smallest absolute Gasteiger partial charge is 0.0868 e. The predicted octanol–water partition coefficient (Wildman–Crippen LogP) is 4.55. The number of aryl methyl sites for hydroxylation is 2. The molecule has 1 aromatic heterocycles. The molecule has 1 aromatic carbocycles. The van der Waals surface area contributed by atoms with E-state index in [2.05, 4.69) is 62.4 Å². The van der Waals surface area contributed by atoms with Crippen molar-refractivity contribution in [3.05, 3.63) is 46.2 Å². The van der Waals surface area contributed by atoms with Crippen LogP contribution in [0.2, 0.25) is 5.02 Å². The third-order valence-electron chi connectivity index (χ3n) is 3.71. The van der Waals surface area contributed by atoms with Crippen LogP contribution in [0, 0.1) is 0 Å². The Balaban J connectivity index is 2.08. The first-order valence-corrected chi connectivity index (χ1v) is 7.75. The van der Waals surface area contributed by atoms with Crippen molar-refractivity contribution in [3.8, 4) is 0 Å². The quantitative estimate of drug-likeness (QED) is 0.898. The molecule has 21 heavy (non-hydrogen) atoms. The zero-order valence-electron chi connectivity index (χ0n) is 13.5. The van der Waals surface area contributed by atoms with E-state index < -0.39 is 0 Å². The summed E-state index contributed by atoms with van der Waals surface area (Å²) in [5, 5.41) is 8.62. The monoisotopic (exact) mass is 305 g/mol. The van der Waals surface area contributed by atoms with E-state index in [1.165, 1.54) is 5.56 Å². The van der Waals surface area contributed by atoms with Crippen LogP contribution in [-0.4, -0.2) is 9.78 Å². The number of anilines is 1. The summed E-state index contributed by atoms with van der Waals surface area (Å²) in [6.07, 6.45) is 0.854. The fraction of sp³-hybridized carbons (Fsp3) is 0.471. The van der Waals surface area contributed by atoms with Crippen LogP contribution in [-0.2, 0) is 25.4 Å². The van der Waals surface area contributed by atoms with Crippen molar-refractivity contribution in [3.63, 3.8) is 0 Å². The van der Waals surface area contributed by atoms with Gasteiger partial charge in [0.2, 0.25) is 0 Å². The summed E-state index contributed by atoms with van der Waals surface area (Å²) in [4.78, 5) is 0. The molecule has 0 bridgehead atoms. The van der Waals surface area contributed by atoms with Gasteiger partial charge in [0, 0.05) is 12.7 Å². The molecule has 1 N–H and O–H groups in total. The third-order valence-corrected chi connectivity index (χ3v) is 4.15. The fourth-order valence-corrected chi connectivity index (χ4v) is 2.65. The second kappa shape index (κ2) is 6.10. The lowest BCUT2D eigenvalue weighted by molar-refractivity contribution is 0.590. The minimum atomic E-state index is 0.180. The minimum Gasteiger partial charge on any atom is -0.379 e. The number of benzene rings is 1. The maximum absolute atomic E-state index is 6.36. The van der Waals surface area contributed by atoms with Gasteiger partial charge >= 0.3 is 0 Å². The molecular weight excluding hydrogens is 282 g/mol. The standard InChI is InChI=1S/C17H24ClN3/c1-6-14-16(18)15(21(5)20-14)11-19-13-9-7-12(8-10-13)17(2,3)4/h7-10,19H,6,11H2,1-5H3. The largest absolute Gasteiger partial charge is 0.379 e. The van der Waals surface area contributed by atoms with E-state index in [-0.39, 0.29) is 5.41 Å². The molecule has 0 aliphatic heterocycles. The summed E-state index contributed by atoms with van der Waals surface area (Å²) < 4.78 is 1.86. The molecule has 114 valence electrons. The van der Waals surface area contributed by atoms with Crippen molar-refractivity contribution >= 4 is 17.3 Å². The zero-order chi connectivity index (χ0) is 15.6. The van der Waals surface area contributed by atoms with Crippen LogP contribution in [0.25, 0.3) is 0 Å². The van der Waals surface area contributed by atoms with Crippen LogP contribution in [0.4, 0.5) is 5.69 Å². The van der Waals surface area contributed by atoms with E-state index in [1.54, 1.807) is 0 Å². The fourth-order valence-electron chi connectivity index (χ4n) is 2.29. The topological polar surface area (TPSA) is 29.9 Å². The average molecular weight is 306 g/mol. The van der Waals surface area contributed by atoms with E-state index in [0.717, 1.165) is 28.5 Å². The summed E-state index contributed by atoms with van der Waals surface area (Å²) in [6, 6.07) is 8.58. The molecule has 0 atom stereocenters. The highest BCUT2D eigenvalue weighted by Crippen LogP contribution is 2.25. The van der Waals surface area contributed by atoms with Gasteiger partial charge in [-0.15, -0.1) is 0 Å². The SMILES string of the molecule is CCc1nn(C)c(CNc2ccc(C(C)(C)C)cc2)c1Cl. The number of hydrogen-bond acceptors (Lipinski definition) is 2. The Kier molecular flexibility index (Phi) is 4.62. The molecule has 3 nitrogen and oxygen atoms in total. The van der Waals surface area contributed by atoms with Gasteiger partial charge in [-0.05, 0) is 29.5 Å². The lowest BCUT2D eigenvalue weighted by Crippen LogP contribution is -2.11. The van der Waals surface area contributed by atoms with Crippen molar-refractivity contribution in [2.75, 3.05) is 5.32 Å². The molecule has 0 aliphatic carbocycles. The normalized spacial score (nSPS) is 11.7. The first-order chi connectivity index (χ1) is 9.82. The van der Waals surface area contributed by atoms with Gasteiger partial charge < -0.3 is 5.32 Å². The Bertz CT molecular complexity index is 606.